The first-order chi connectivity index (χ1) is 7.16. The second-order valence-electron chi connectivity index (χ2n) is 3.75. The predicted octanol–water partition coefficient (Wildman–Crippen LogP) is 1.90. The highest BCUT2D eigenvalue weighted by Gasteiger charge is 2.22. The number of amides is 1. The van der Waals surface area contributed by atoms with Crippen molar-refractivity contribution in [1.82, 2.24) is 10.2 Å². The first-order valence-electron chi connectivity index (χ1n) is 4.93. The van der Waals surface area contributed by atoms with Gasteiger partial charge in [0, 0.05) is 31.7 Å². The Bertz CT molecular complexity index is 369. The lowest BCUT2D eigenvalue weighted by Gasteiger charge is -2.31. The maximum atomic E-state index is 12.0. The summed E-state index contributed by atoms with van der Waals surface area (Å²) in [5.74, 6) is 0.0396. The van der Waals surface area contributed by atoms with Crippen molar-refractivity contribution in [2.75, 3.05) is 19.6 Å². The molecule has 0 spiro atoms. The third-order valence-electron chi connectivity index (χ3n) is 2.47. The quantitative estimate of drug-likeness (QED) is 0.862. The topological polar surface area (TPSA) is 45.5 Å². The van der Waals surface area contributed by atoms with Crippen LogP contribution in [0.5, 0.6) is 0 Å². The molecule has 0 unspecified atom stereocenters. The monoisotopic (exact) mass is 308 g/mol. The van der Waals surface area contributed by atoms with Crippen molar-refractivity contribution in [3.05, 3.63) is 22.6 Å². The molecule has 1 aromatic rings. The maximum Gasteiger partial charge on any atom is 0.257 e. The van der Waals surface area contributed by atoms with E-state index in [-0.39, 0.29) is 18.3 Å². The molecule has 1 saturated heterocycles. The molecule has 0 aliphatic carbocycles. The Hall–Kier alpha value is -0.520. The summed E-state index contributed by atoms with van der Waals surface area (Å²) in [5.41, 5.74) is 0.607. The van der Waals surface area contributed by atoms with Crippen molar-refractivity contribution in [2.24, 2.45) is 0 Å². The summed E-state index contributed by atoms with van der Waals surface area (Å²) in [4.78, 5) is 13.8. The molecule has 0 radical (unpaired) electrons. The van der Waals surface area contributed by atoms with Crippen LogP contribution in [0.25, 0.3) is 0 Å². The van der Waals surface area contributed by atoms with Gasteiger partial charge in [-0.25, -0.2) is 0 Å². The van der Waals surface area contributed by atoms with Gasteiger partial charge in [0.15, 0.2) is 4.67 Å². The number of nitrogens with zero attached hydrogens (tertiary/aromatic N) is 1. The molecule has 0 aromatic carbocycles. The number of nitrogens with one attached hydrogen (secondary N) is 1. The van der Waals surface area contributed by atoms with E-state index in [4.69, 9.17) is 4.42 Å². The number of carbonyl (C=O) groups is 1. The van der Waals surface area contributed by atoms with Crippen LogP contribution in [-0.4, -0.2) is 36.5 Å². The van der Waals surface area contributed by atoms with Gasteiger partial charge < -0.3 is 14.6 Å². The molecule has 2 heterocycles. The summed E-state index contributed by atoms with van der Waals surface area (Å²) >= 11 is 3.19. The van der Waals surface area contributed by atoms with Gasteiger partial charge in [-0.15, -0.1) is 12.4 Å². The lowest BCUT2D eigenvalue weighted by Crippen LogP contribution is -2.51. The van der Waals surface area contributed by atoms with E-state index in [1.165, 1.54) is 6.26 Å². The number of halogens is 2. The summed E-state index contributed by atoms with van der Waals surface area (Å²) in [6.07, 6.45) is 1.49. The van der Waals surface area contributed by atoms with Crippen LogP contribution in [0.3, 0.4) is 0 Å². The van der Waals surface area contributed by atoms with Crippen LogP contribution in [0.4, 0.5) is 0 Å². The molecule has 1 aliphatic heterocycles. The number of piperazine rings is 1. The minimum Gasteiger partial charge on any atom is -0.457 e. The van der Waals surface area contributed by atoms with Crippen LogP contribution in [0.1, 0.15) is 17.3 Å². The van der Waals surface area contributed by atoms with Crippen LogP contribution in [0.15, 0.2) is 21.4 Å². The number of rotatable bonds is 1. The molecule has 90 valence electrons. The van der Waals surface area contributed by atoms with Gasteiger partial charge in [-0.1, -0.05) is 0 Å². The first-order valence-corrected chi connectivity index (χ1v) is 5.73. The zero-order valence-electron chi connectivity index (χ0n) is 8.90. The van der Waals surface area contributed by atoms with Crippen molar-refractivity contribution in [3.63, 3.8) is 0 Å². The first kappa shape index (κ1) is 13.5. The average molecular weight is 310 g/mol. The Morgan fingerprint density at radius 3 is 3.00 bits per heavy atom. The third kappa shape index (κ3) is 2.99. The van der Waals surface area contributed by atoms with Crippen molar-refractivity contribution in [2.45, 2.75) is 13.0 Å². The normalized spacial score (nSPS) is 20.4. The van der Waals surface area contributed by atoms with Gasteiger partial charge >= 0.3 is 0 Å². The molecular formula is C10H14BrClN2O2. The minimum atomic E-state index is 0. The molecule has 1 N–H and O–H groups in total. The highest BCUT2D eigenvalue weighted by molar-refractivity contribution is 9.10. The largest absolute Gasteiger partial charge is 0.457 e. The molecule has 4 nitrogen and oxygen atoms in total. The SMILES string of the molecule is C[C@H]1CN(C(=O)c2coc(Br)c2)CCN1.Cl. The fraction of sp³-hybridized carbons (Fsp3) is 0.500. The van der Waals surface area contributed by atoms with Crippen molar-refractivity contribution in [1.29, 1.82) is 0 Å². The number of furan rings is 1. The van der Waals surface area contributed by atoms with Crippen LogP contribution >= 0.6 is 28.3 Å². The molecule has 0 saturated carbocycles. The third-order valence-corrected chi connectivity index (χ3v) is 2.89. The second-order valence-corrected chi connectivity index (χ2v) is 4.53. The Kier molecular flexibility index (Phi) is 4.83. The van der Waals surface area contributed by atoms with Gasteiger partial charge in [0.25, 0.3) is 5.91 Å². The molecule has 6 heteroatoms. The second kappa shape index (κ2) is 5.70. The number of hydrogen-bond acceptors (Lipinski definition) is 3. The summed E-state index contributed by atoms with van der Waals surface area (Å²) in [5, 5.41) is 3.30. The zero-order valence-corrected chi connectivity index (χ0v) is 11.3. The molecule has 2 rings (SSSR count). The summed E-state index contributed by atoms with van der Waals surface area (Å²) < 4.78 is 5.65. The Labute approximate surface area is 109 Å². The van der Waals surface area contributed by atoms with Crippen LogP contribution in [0, 0.1) is 0 Å². The van der Waals surface area contributed by atoms with Crippen LogP contribution in [-0.2, 0) is 0 Å². The van der Waals surface area contributed by atoms with Crippen molar-refractivity contribution < 1.29 is 9.21 Å². The van der Waals surface area contributed by atoms with E-state index in [9.17, 15) is 4.79 Å². The van der Waals surface area contributed by atoms with E-state index in [0.717, 1.165) is 19.6 Å². The van der Waals surface area contributed by atoms with E-state index in [1.807, 2.05) is 4.90 Å². The molecule has 1 fully saturated rings. The number of carbonyl (C=O) groups excluding carboxylic acids is 1. The van der Waals surface area contributed by atoms with Gasteiger partial charge in [-0.3, -0.25) is 4.79 Å². The standard InChI is InChI=1S/C10H13BrN2O2.ClH/c1-7-5-13(3-2-12-7)10(14)8-4-9(11)15-6-8;/h4,6-7,12H,2-3,5H2,1H3;1H/t7-;/m0./s1. The van der Waals surface area contributed by atoms with Gasteiger partial charge in [0.1, 0.15) is 6.26 Å². The van der Waals surface area contributed by atoms with E-state index >= 15 is 0 Å². The van der Waals surface area contributed by atoms with Crippen molar-refractivity contribution >= 4 is 34.2 Å². The molecule has 1 aliphatic rings. The summed E-state index contributed by atoms with van der Waals surface area (Å²) in [7, 11) is 0. The van der Waals surface area contributed by atoms with E-state index in [0.29, 0.717) is 16.3 Å². The fourth-order valence-corrected chi connectivity index (χ4v) is 2.06. The van der Waals surface area contributed by atoms with Gasteiger partial charge in [0.2, 0.25) is 0 Å². The molecule has 1 aromatic heterocycles. The molecule has 1 amide bonds. The van der Waals surface area contributed by atoms with Crippen LogP contribution < -0.4 is 5.32 Å². The molecule has 16 heavy (non-hydrogen) atoms. The van der Waals surface area contributed by atoms with Crippen LogP contribution in [0.2, 0.25) is 0 Å². The molecular weight excluding hydrogens is 295 g/mol. The lowest BCUT2D eigenvalue weighted by molar-refractivity contribution is 0.0708. The summed E-state index contributed by atoms with van der Waals surface area (Å²) in [6.45, 7) is 4.43. The summed E-state index contributed by atoms with van der Waals surface area (Å²) in [6, 6.07) is 2.06. The predicted molar refractivity (Wildman–Crippen MR) is 67.0 cm³/mol. The lowest BCUT2D eigenvalue weighted by atomic mass is 10.2. The highest BCUT2D eigenvalue weighted by atomic mass is 79.9. The van der Waals surface area contributed by atoms with Gasteiger partial charge in [0.05, 0.1) is 5.56 Å². The molecule has 1 atom stereocenters. The van der Waals surface area contributed by atoms with Gasteiger partial charge in [-0.05, 0) is 22.9 Å². The maximum absolute atomic E-state index is 12.0. The van der Waals surface area contributed by atoms with E-state index in [2.05, 4.69) is 28.2 Å². The fourth-order valence-electron chi connectivity index (χ4n) is 1.72. The van der Waals surface area contributed by atoms with Gasteiger partial charge in [-0.2, -0.15) is 0 Å². The molecule has 0 bridgehead atoms. The smallest absolute Gasteiger partial charge is 0.257 e. The number of hydrogen-bond donors (Lipinski definition) is 1. The highest BCUT2D eigenvalue weighted by Crippen LogP contribution is 2.16. The van der Waals surface area contributed by atoms with E-state index in [1.54, 1.807) is 6.07 Å². The average Bonchev–Trinajstić information content (AvgIpc) is 2.64. The minimum absolute atomic E-state index is 0. The Morgan fingerprint density at radius 2 is 2.44 bits per heavy atom. The Balaban J connectivity index is 0.00000128. The van der Waals surface area contributed by atoms with Crippen molar-refractivity contribution in [3.8, 4) is 0 Å². The zero-order chi connectivity index (χ0) is 10.8. The van der Waals surface area contributed by atoms with E-state index < -0.39 is 0 Å². The Morgan fingerprint density at radius 1 is 1.69 bits per heavy atom.